The Labute approximate surface area is 164 Å². The number of hydrogen-bond acceptors (Lipinski definition) is 3. The third-order valence-corrected chi connectivity index (χ3v) is 9.27. The third kappa shape index (κ3) is 2.75. The zero-order valence-electron chi connectivity index (χ0n) is 17.2. The smallest absolute Gasteiger partial charge is 0.141 e. The number of hydrogen-bond donors (Lipinski definition) is 1. The molecule has 4 fully saturated rings. The molecule has 1 N–H and O–H groups in total. The number of nitrogens with one attached hydrogen (secondary N) is 1. The van der Waals surface area contributed by atoms with Gasteiger partial charge in [0.05, 0.1) is 5.71 Å². The van der Waals surface area contributed by atoms with Crippen molar-refractivity contribution < 1.29 is 4.84 Å². The van der Waals surface area contributed by atoms with Crippen LogP contribution in [0.25, 0.3) is 0 Å². The summed E-state index contributed by atoms with van der Waals surface area (Å²) in [5, 5.41) is 7.91. The van der Waals surface area contributed by atoms with Gasteiger partial charge in [-0.3, -0.25) is 0 Å². The summed E-state index contributed by atoms with van der Waals surface area (Å²) in [5.41, 5.74) is 5.23. The average molecular weight is 369 g/mol. The van der Waals surface area contributed by atoms with Crippen LogP contribution in [-0.2, 0) is 4.84 Å². The number of rotatable bonds is 2. The van der Waals surface area contributed by atoms with Gasteiger partial charge in [0.1, 0.15) is 6.10 Å². The van der Waals surface area contributed by atoms with E-state index in [1.807, 2.05) is 0 Å². The van der Waals surface area contributed by atoms with Gasteiger partial charge in [-0.1, -0.05) is 36.7 Å². The lowest BCUT2D eigenvalue weighted by Crippen LogP contribution is -2.49. The number of oxime groups is 1. The molecule has 1 aliphatic heterocycles. The van der Waals surface area contributed by atoms with Crippen LogP contribution in [0.2, 0.25) is 0 Å². The van der Waals surface area contributed by atoms with Crippen molar-refractivity contribution in [3.8, 4) is 0 Å². The third-order valence-electron chi connectivity index (χ3n) is 9.27. The van der Waals surface area contributed by atoms with E-state index in [9.17, 15) is 0 Å². The Morgan fingerprint density at radius 3 is 2.70 bits per heavy atom. The van der Waals surface area contributed by atoms with Crippen LogP contribution in [0.1, 0.15) is 71.6 Å². The highest BCUT2D eigenvalue weighted by molar-refractivity contribution is 5.96. The first-order valence-corrected chi connectivity index (χ1v) is 11.3. The Morgan fingerprint density at radius 2 is 1.89 bits per heavy atom. The second kappa shape index (κ2) is 6.47. The van der Waals surface area contributed by atoms with Crippen LogP contribution < -0.4 is 5.32 Å². The van der Waals surface area contributed by atoms with Crippen LogP contribution in [0.3, 0.4) is 0 Å². The van der Waals surface area contributed by atoms with Crippen LogP contribution in [-0.4, -0.2) is 24.9 Å². The number of fused-ring (bicyclic) bond motifs is 5. The molecular formula is C24H36N2O. The van der Waals surface area contributed by atoms with Gasteiger partial charge in [0.25, 0.3) is 0 Å². The van der Waals surface area contributed by atoms with E-state index in [0.29, 0.717) is 10.8 Å². The van der Waals surface area contributed by atoms with Gasteiger partial charge in [0, 0.05) is 13.0 Å². The fourth-order valence-electron chi connectivity index (χ4n) is 7.41. The van der Waals surface area contributed by atoms with Crippen LogP contribution in [0.15, 0.2) is 29.0 Å². The fourth-order valence-corrected chi connectivity index (χ4v) is 7.41. The van der Waals surface area contributed by atoms with Crippen molar-refractivity contribution in [3.63, 3.8) is 0 Å². The Balaban J connectivity index is 1.36. The lowest BCUT2D eigenvalue weighted by Gasteiger charge is -2.57. The molecule has 1 saturated heterocycles. The van der Waals surface area contributed by atoms with E-state index in [-0.39, 0.29) is 6.10 Å². The molecule has 0 amide bonds. The van der Waals surface area contributed by atoms with E-state index in [0.717, 1.165) is 43.7 Å². The summed E-state index contributed by atoms with van der Waals surface area (Å²) in [6, 6.07) is 0. The van der Waals surface area contributed by atoms with Gasteiger partial charge in [-0.05, 0) is 92.6 Å². The van der Waals surface area contributed by atoms with E-state index >= 15 is 0 Å². The Bertz CT molecular complexity index is 688. The van der Waals surface area contributed by atoms with Crippen LogP contribution in [0.5, 0.6) is 0 Å². The first-order chi connectivity index (χ1) is 13.0. The molecule has 0 aromatic heterocycles. The van der Waals surface area contributed by atoms with Crippen molar-refractivity contribution in [1.82, 2.24) is 5.32 Å². The maximum absolute atomic E-state index is 5.81. The van der Waals surface area contributed by atoms with Crippen LogP contribution in [0.4, 0.5) is 0 Å². The summed E-state index contributed by atoms with van der Waals surface area (Å²) in [7, 11) is 0. The maximum atomic E-state index is 5.81. The van der Waals surface area contributed by atoms with Gasteiger partial charge in [0.2, 0.25) is 0 Å². The van der Waals surface area contributed by atoms with Crippen molar-refractivity contribution in [2.75, 3.05) is 13.1 Å². The second-order valence-electron chi connectivity index (χ2n) is 10.4. The Morgan fingerprint density at radius 1 is 1.04 bits per heavy atom. The van der Waals surface area contributed by atoms with Crippen LogP contribution in [0, 0.1) is 28.6 Å². The first-order valence-electron chi connectivity index (χ1n) is 11.3. The van der Waals surface area contributed by atoms with E-state index in [2.05, 4.69) is 37.0 Å². The van der Waals surface area contributed by atoms with Crippen molar-refractivity contribution in [3.05, 3.63) is 23.8 Å². The molecule has 4 aliphatic carbocycles. The monoisotopic (exact) mass is 368 g/mol. The molecule has 3 nitrogen and oxygen atoms in total. The van der Waals surface area contributed by atoms with Crippen molar-refractivity contribution in [1.29, 1.82) is 0 Å². The number of nitrogens with zero attached hydrogens (tertiary/aromatic N) is 1. The highest BCUT2D eigenvalue weighted by Crippen LogP contribution is 2.66. The molecule has 5 aliphatic rings. The fraction of sp³-hybridized carbons (Fsp3) is 0.792. The topological polar surface area (TPSA) is 33.6 Å². The summed E-state index contributed by atoms with van der Waals surface area (Å²) in [6.07, 6.45) is 14.2. The molecular weight excluding hydrogens is 332 g/mol. The molecule has 4 unspecified atom stereocenters. The predicted octanol–water partition coefficient (Wildman–Crippen LogP) is 5.24. The highest BCUT2D eigenvalue weighted by Gasteiger charge is 2.57. The van der Waals surface area contributed by atoms with Gasteiger partial charge in [-0.15, -0.1) is 0 Å². The minimum absolute atomic E-state index is 0.270. The van der Waals surface area contributed by atoms with Gasteiger partial charge in [0.15, 0.2) is 0 Å². The lowest BCUT2D eigenvalue weighted by atomic mass is 9.47. The van der Waals surface area contributed by atoms with E-state index < -0.39 is 0 Å². The average Bonchev–Trinajstić information content (AvgIpc) is 3.28. The molecule has 6 atom stereocenters. The first kappa shape index (κ1) is 18.0. The normalized spacial score (nSPS) is 48.0. The van der Waals surface area contributed by atoms with Gasteiger partial charge >= 0.3 is 0 Å². The van der Waals surface area contributed by atoms with Gasteiger partial charge < -0.3 is 10.2 Å². The molecule has 3 heteroatoms. The molecule has 148 valence electrons. The molecule has 5 rings (SSSR count). The summed E-state index contributed by atoms with van der Waals surface area (Å²) in [5.74, 6) is 2.66. The molecule has 0 spiro atoms. The van der Waals surface area contributed by atoms with E-state index in [1.54, 1.807) is 11.1 Å². The zero-order chi connectivity index (χ0) is 18.6. The van der Waals surface area contributed by atoms with E-state index in [4.69, 9.17) is 4.84 Å². The molecule has 27 heavy (non-hydrogen) atoms. The van der Waals surface area contributed by atoms with Crippen molar-refractivity contribution >= 4 is 5.71 Å². The molecule has 3 saturated carbocycles. The standard InChI is InChI=1S/C24H36N2O/c1-16-4-7-21-20-6-5-17-14-18(26-27-19-10-13-25-15-19)8-11-24(17,3)22(20)9-12-23(16,21)2/h14,19-22,25H,1,4-13,15H2,2-3H3/t19?,20?,21?,22?,23-,24+/m1/s1. The summed E-state index contributed by atoms with van der Waals surface area (Å²) >= 11 is 0. The molecule has 1 heterocycles. The van der Waals surface area contributed by atoms with E-state index in [1.165, 1.54) is 50.7 Å². The van der Waals surface area contributed by atoms with Crippen LogP contribution >= 0.6 is 0 Å². The number of allylic oxidation sites excluding steroid dienone is 3. The van der Waals surface area contributed by atoms with Gasteiger partial charge in [-0.2, -0.15) is 0 Å². The predicted molar refractivity (Wildman–Crippen MR) is 111 cm³/mol. The minimum atomic E-state index is 0.270. The summed E-state index contributed by atoms with van der Waals surface area (Å²) in [6.45, 7) is 11.6. The zero-order valence-corrected chi connectivity index (χ0v) is 17.2. The Hall–Kier alpha value is -1.09. The summed E-state index contributed by atoms with van der Waals surface area (Å²) in [4.78, 5) is 5.81. The highest BCUT2D eigenvalue weighted by atomic mass is 16.6. The van der Waals surface area contributed by atoms with Crippen molar-refractivity contribution in [2.24, 2.45) is 33.7 Å². The maximum Gasteiger partial charge on any atom is 0.141 e. The minimum Gasteiger partial charge on any atom is -0.391 e. The Kier molecular flexibility index (Phi) is 4.31. The SMILES string of the molecule is C=C1CCC2C3CCC4=CC(=NOC5CCNC5)CC[C@]4(C)C3CC[C@]12C. The van der Waals surface area contributed by atoms with Crippen molar-refractivity contribution in [2.45, 2.75) is 77.7 Å². The quantitative estimate of drug-likeness (QED) is 0.534. The lowest BCUT2D eigenvalue weighted by molar-refractivity contribution is -0.0227. The molecule has 0 bridgehead atoms. The molecule has 0 aromatic rings. The molecule has 0 aromatic carbocycles. The largest absolute Gasteiger partial charge is 0.391 e. The van der Waals surface area contributed by atoms with Gasteiger partial charge in [-0.25, -0.2) is 0 Å². The molecule has 0 radical (unpaired) electrons. The second-order valence-corrected chi connectivity index (χ2v) is 10.4. The summed E-state index contributed by atoms with van der Waals surface area (Å²) < 4.78 is 0.